The fourth-order valence-electron chi connectivity index (χ4n) is 3.61. The van der Waals surface area contributed by atoms with E-state index in [0.29, 0.717) is 26.2 Å². The minimum Gasteiger partial charge on any atom is -0.390 e. The minimum atomic E-state index is -0.659. The maximum absolute atomic E-state index is 10.5. The molecule has 3 fully saturated rings. The Kier molecular flexibility index (Phi) is 5.30. The molecule has 6 heteroatoms. The summed E-state index contributed by atoms with van der Waals surface area (Å²) in [4.78, 5) is 0. The fraction of sp³-hybridized carbons (Fsp3) is 1.00. The van der Waals surface area contributed by atoms with E-state index in [1.807, 2.05) is 0 Å². The number of ether oxygens (including phenoxy) is 4. The van der Waals surface area contributed by atoms with E-state index in [2.05, 4.69) is 13.8 Å². The highest BCUT2D eigenvalue weighted by molar-refractivity contribution is 4.87. The highest BCUT2D eigenvalue weighted by atomic mass is 16.7. The molecule has 1 saturated carbocycles. The highest BCUT2D eigenvalue weighted by Gasteiger charge is 2.45. The number of hydrogen-bond acceptors (Lipinski definition) is 6. The molecule has 134 valence electrons. The van der Waals surface area contributed by atoms with E-state index in [9.17, 15) is 5.11 Å². The van der Waals surface area contributed by atoms with Crippen LogP contribution in [0.3, 0.4) is 0 Å². The lowest BCUT2D eigenvalue weighted by atomic mass is 9.94. The maximum atomic E-state index is 10.5. The van der Waals surface area contributed by atoms with Crippen molar-refractivity contribution in [3.05, 3.63) is 0 Å². The molecule has 23 heavy (non-hydrogen) atoms. The van der Waals surface area contributed by atoms with Crippen molar-refractivity contribution >= 4 is 0 Å². The van der Waals surface area contributed by atoms with Crippen LogP contribution in [0.2, 0.25) is 0 Å². The normalized spacial score (nSPS) is 33.7. The summed E-state index contributed by atoms with van der Waals surface area (Å²) in [6.45, 7) is 5.86. The van der Waals surface area contributed by atoms with Crippen LogP contribution in [0.1, 0.15) is 52.4 Å². The number of aliphatic hydroxyl groups is 1. The second-order valence-electron chi connectivity index (χ2n) is 8.06. The number of nitrogens with two attached hydrogens (primary N) is 1. The third-order valence-electron chi connectivity index (χ3n) is 5.06. The topological polar surface area (TPSA) is 83.2 Å². The quantitative estimate of drug-likeness (QED) is 0.814. The molecule has 0 aromatic heterocycles. The van der Waals surface area contributed by atoms with Crippen molar-refractivity contribution in [2.24, 2.45) is 11.1 Å². The molecule has 3 aliphatic rings. The zero-order valence-corrected chi connectivity index (χ0v) is 14.3. The van der Waals surface area contributed by atoms with Gasteiger partial charge in [-0.3, -0.25) is 0 Å². The van der Waals surface area contributed by atoms with Crippen LogP contribution in [0.4, 0.5) is 0 Å². The predicted octanol–water partition coefficient (Wildman–Crippen LogP) is 1.54. The molecule has 2 heterocycles. The third kappa shape index (κ3) is 4.24. The van der Waals surface area contributed by atoms with Gasteiger partial charge in [0.25, 0.3) is 0 Å². The van der Waals surface area contributed by atoms with E-state index in [-0.39, 0.29) is 17.6 Å². The Morgan fingerprint density at radius 3 is 2.43 bits per heavy atom. The molecule has 3 N–H and O–H groups in total. The van der Waals surface area contributed by atoms with Crippen LogP contribution in [0.25, 0.3) is 0 Å². The van der Waals surface area contributed by atoms with E-state index in [0.717, 1.165) is 25.7 Å². The summed E-state index contributed by atoms with van der Waals surface area (Å²) < 4.78 is 23.3. The van der Waals surface area contributed by atoms with Crippen molar-refractivity contribution in [3.8, 4) is 0 Å². The first-order valence-corrected chi connectivity index (χ1v) is 8.88. The molecule has 0 amide bonds. The summed E-state index contributed by atoms with van der Waals surface area (Å²) in [5.74, 6) is -0.462. The molecule has 0 aromatic rings. The molecule has 0 unspecified atom stereocenters. The van der Waals surface area contributed by atoms with Gasteiger partial charge in [-0.2, -0.15) is 0 Å². The Bertz CT molecular complexity index is 386. The van der Waals surface area contributed by atoms with Gasteiger partial charge in [0, 0.05) is 18.3 Å². The summed E-state index contributed by atoms with van der Waals surface area (Å²) in [7, 11) is 0. The average molecular weight is 329 g/mol. The monoisotopic (exact) mass is 329 g/mol. The number of rotatable bonds is 4. The van der Waals surface area contributed by atoms with Gasteiger partial charge in [-0.25, -0.2) is 0 Å². The molecule has 0 radical (unpaired) electrons. The Hall–Kier alpha value is -0.240. The molecular weight excluding hydrogens is 298 g/mol. The van der Waals surface area contributed by atoms with Gasteiger partial charge < -0.3 is 29.8 Å². The van der Waals surface area contributed by atoms with Crippen LogP contribution in [-0.2, 0) is 18.9 Å². The van der Waals surface area contributed by atoms with Crippen molar-refractivity contribution in [3.63, 3.8) is 0 Å². The largest absolute Gasteiger partial charge is 0.390 e. The molecule has 6 nitrogen and oxygen atoms in total. The summed E-state index contributed by atoms with van der Waals surface area (Å²) in [5, 5.41) is 10.5. The van der Waals surface area contributed by atoms with Crippen LogP contribution in [0.5, 0.6) is 0 Å². The lowest BCUT2D eigenvalue weighted by molar-refractivity contribution is -0.234. The number of hydrogen-bond donors (Lipinski definition) is 2. The van der Waals surface area contributed by atoms with Crippen molar-refractivity contribution in [2.75, 3.05) is 19.8 Å². The Labute approximate surface area is 138 Å². The van der Waals surface area contributed by atoms with Crippen LogP contribution in [-0.4, -0.2) is 55.3 Å². The smallest absolute Gasteiger partial charge is 0.172 e. The van der Waals surface area contributed by atoms with Gasteiger partial charge in [0.1, 0.15) is 6.10 Å². The first-order valence-electron chi connectivity index (χ1n) is 8.88. The Morgan fingerprint density at radius 1 is 1.13 bits per heavy atom. The summed E-state index contributed by atoms with van der Waals surface area (Å²) in [6.07, 6.45) is 4.30. The van der Waals surface area contributed by atoms with Crippen molar-refractivity contribution < 1.29 is 24.1 Å². The Balaban J connectivity index is 1.46. The van der Waals surface area contributed by atoms with Crippen LogP contribution in [0, 0.1) is 5.41 Å². The van der Waals surface area contributed by atoms with E-state index in [1.54, 1.807) is 0 Å². The second kappa shape index (κ2) is 6.94. The lowest BCUT2D eigenvalue weighted by Gasteiger charge is -2.37. The van der Waals surface area contributed by atoms with Gasteiger partial charge in [-0.1, -0.05) is 20.3 Å². The standard InChI is InChI=1S/C17H31NO5/c1-16(2)10-20-15(21-11-16)12(18)8-13(19)14-9-22-17(23-14)6-4-3-5-7-17/h12-15,19H,3-11,18H2,1-2H3/t12-,13+,14-/m1/s1. The molecular formula is C17H31NO5. The zero-order chi connectivity index (χ0) is 16.5. The highest BCUT2D eigenvalue weighted by Crippen LogP contribution is 2.39. The molecule has 2 saturated heterocycles. The summed E-state index contributed by atoms with van der Waals surface area (Å²) in [6, 6.07) is -0.368. The SMILES string of the molecule is CC1(C)COC([C@H](N)C[C@H](O)[C@H]2COC3(CCCCC3)O2)OC1. The molecule has 1 spiro atoms. The molecule has 0 bridgehead atoms. The van der Waals surface area contributed by atoms with E-state index in [4.69, 9.17) is 24.7 Å². The fourth-order valence-corrected chi connectivity index (χ4v) is 3.61. The molecule has 1 aliphatic carbocycles. The predicted molar refractivity (Wildman–Crippen MR) is 84.7 cm³/mol. The van der Waals surface area contributed by atoms with Gasteiger partial charge in [0.05, 0.1) is 32.0 Å². The van der Waals surface area contributed by atoms with Crippen molar-refractivity contribution in [2.45, 2.75) is 82.7 Å². The van der Waals surface area contributed by atoms with Gasteiger partial charge in [-0.05, 0) is 19.3 Å². The van der Waals surface area contributed by atoms with Gasteiger partial charge >= 0.3 is 0 Å². The average Bonchev–Trinajstić information content (AvgIpc) is 2.91. The molecule has 2 aliphatic heterocycles. The van der Waals surface area contributed by atoms with Gasteiger partial charge in [0.2, 0.25) is 0 Å². The van der Waals surface area contributed by atoms with E-state index in [1.165, 1.54) is 6.42 Å². The van der Waals surface area contributed by atoms with Crippen LogP contribution >= 0.6 is 0 Å². The number of aliphatic hydroxyl groups excluding tert-OH is 1. The first-order chi connectivity index (χ1) is 10.9. The second-order valence-corrected chi connectivity index (χ2v) is 8.06. The van der Waals surface area contributed by atoms with Crippen molar-refractivity contribution in [1.29, 1.82) is 0 Å². The van der Waals surface area contributed by atoms with Crippen LogP contribution in [0.15, 0.2) is 0 Å². The first kappa shape index (κ1) is 17.6. The minimum absolute atomic E-state index is 0.0185. The Morgan fingerprint density at radius 2 is 1.78 bits per heavy atom. The van der Waals surface area contributed by atoms with E-state index >= 15 is 0 Å². The maximum Gasteiger partial charge on any atom is 0.172 e. The summed E-state index contributed by atoms with van der Waals surface area (Å²) >= 11 is 0. The molecule has 3 rings (SSSR count). The third-order valence-corrected chi connectivity index (χ3v) is 5.06. The van der Waals surface area contributed by atoms with E-state index < -0.39 is 18.2 Å². The van der Waals surface area contributed by atoms with Gasteiger partial charge in [0.15, 0.2) is 12.1 Å². The zero-order valence-electron chi connectivity index (χ0n) is 14.3. The summed E-state index contributed by atoms with van der Waals surface area (Å²) in [5.41, 5.74) is 6.19. The molecule has 3 atom stereocenters. The molecule has 0 aromatic carbocycles. The van der Waals surface area contributed by atoms with Crippen LogP contribution < -0.4 is 5.73 Å². The lowest BCUT2D eigenvalue weighted by Crippen LogP contribution is -2.49. The van der Waals surface area contributed by atoms with Gasteiger partial charge in [-0.15, -0.1) is 0 Å². The van der Waals surface area contributed by atoms with Crippen molar-refractivity contribution in [1.82, 2.24) is 0 Å².